The molecule has 0 spiro atoms. The molecule has 0 aliphatic rings. The molecule has 4 N–H and O–H groups in total. The first-order chi connectivity index (χ1) is 5.52. The van der Waals surface area contributed by atoms with Crippen LogP contribution < -0.4 is 5.73 Å². The molecule has 13 heteroatoms. The van der Waals surface area contributed by atoms with Crippen LogP contribution in [0.15, 0.2) is 0 Å². The summed E-state index contributed by atoms with van der Waals surface area (Å²) in [6, 6.07) is 0. The van der Waals surface area contributed by atoms with E-state index in [2.05, 4.69) is 9.05 Å². The van der Waals surface area contributed by atoms with Gasteiger partial charge in [0.05, 0.1) is 6.61 Å². The predicted molar refractivity (Wildman–Crippen MR) is 70.7 cm³/mol. The third-order valence-corrected chi connectivity index (χ3v) is 1.84. The molecular weight excluding hydrogens is 300 g/mol. The molecule has 0 heterocycles. The van der Waals surface area contributed by atoms with Crippen molar-refractivity contribution < 1.29 is 28.0 Å². The van der Waals surface area contributed by atoms with Crippen LogP contribution in [0.25, 0.3) is 0 Å². The SMILES string of the molecule is NC(CCO[PH](=O)O)O[PH](=O)O.[NaH].[NaH].[NaH].[NaH]. The van der Waals surface area contributed by atoms with Gasteiger partial charge in [0.15, 0.2) is 0 Å². The minimum atomic E-state index is -3.05. The molecule has 0 aliphatic heterocycles. The third kappa shape index (κ3) is 26.8. The van der Waals surface area contributed by atoms with Gasteiger partial charge in [-0.15, -0.1) is 0 Å². The van der Waals surface area contributed by atoms with E-state index in [0.29, 0.717) is 0 Å². The Bertz CT molecular complexity index is 187. The molecule has 0 saturated carbocycles. The van der Waals surface area contributed by atoms with Gasteiger partial charge < -0.3 is 20.0 Å². The number of nitrogens with two attached hydrogens (primary N) is 1. The van der Waals surface area contributed by atoms with Crippen LogP contribution in [0.1, 0.15) is 6.42 Å². The maximum atomic E-state index is 10.0. The summed E-state index contributed by atoms with van der Waals surface area (Å²) in [5, 5.41) is 0. The van der Waals surface area contributed by atoms with E-state index in [1.807, 2.05) is 0 Å². The minimum absolute atomic E-state index is 0. The van der Waals surface area contributed by atoms with E-state index in [-0.39, 0.29) is 131 Å². The van der Waals surface area contributed by atoms with Gasteiger partial charge in [-0.3, -0.25) is 13.7 Å². The van der Waals surface area contributed by atoms with Crippen LogP contribution in [0.3, 0.4) is 0 Å². The van der Waals surface area contributed by atoms with Gasteiger partial charge in [0, 0.05) is 6.42 Å². The van der Waals surface area contributed by atoms with Crippen molar-refractivity contribution in [3.8, 4) is 0 Å². The molecule has 7 nitrogen and oxygen atoms in total. The van der Waals surface area contributed by atoms with Gasteiger partial charge in [-0.1, -0.05) is 0 Å². The molecule has 0 saturated heterocycles. The number of rotatable bonds is 6. The van der Waals surface area contributed by atoms with Gasteiger partial charge in [-0.2, -0.15) is 0 Å². The molecule has 0 aromatic rings. The topological polar surface area (TPSA) is 119 Å². The standard InChI is InChI=1S/C3H11NO6P2.4Na.4H/c4-3(10-12(7)8)1-2-9-11(5)6;;;;;;;;/h3,11-12H,1-2,4H2,(H,5,6)(H,7,8);;;;;;;;. The Morgan fingerprint density at radius 1 is 1.06 bits per heavy atom. The zero-order valence-corrected chi connectivity index (χ0v) is 8.10. The summed E-state index contributed by atoms with van der Waals surface area (Å²) < 4.78 is 28.5. The van der Waals surface area contributed by atoms with Gasteiger partial charge in [-0.05, 0) is 0 Å². The van der Waals surface area contributed by atoms with Gasteiger partial charge in [0.2, 0.25) is 0 Å². The third-order valence-electron chi connectivity index (χ3n) is 0.880. The van der Waals surface area contributed by atoms with Crippen molar-refractivity contribution in [3.05, 3.63) is 0 Å². The second-order valence-corrected chi connectivity index (χ2v) is 3.41. The Balaban J connectivity index is -0.000000101. The Morgan fingerprint density at radius 3 is 1.81 bits per heavy atom. The van der Waals surface area contributed by atoms with E-state index in [4.69, 9.17) is 15.5 Å². The predicted octanol–water partition coefficient (Wildman–Crippen LogP) is -3.14. The normalized spacial score (nSPS) is 13.9. The van der Waals surface area contributed by atoms with Crippen molar-refractivity contribution in [1.29, 1.82) is 0 Å². The second kappa shape index (κ2) is 21.6. The molecule has 3 atom stereocenters. The fourth-order valence-electron chi connectivity index (χ4n) is 0.451. The Kier molecular flexibility index (Phi) is 43.5. The van der Waals surface area contributed by atoms with E-state index >= 15 is 0 Å². The molecule has 0 amide bonds. The Hall–Kier alpha value is 4.26. The molecular formula is C3H15NNa4O6P2. The molecule has 0 aliphatic carbocycles. The van der Waals surface area contributed by atoms with E-state index in [1.165, 1.54) is 0 Å². The first-order valence-corrected chi connectivity index (χ1v) is 5.56. The van der Waals surface area contributed by atoms with Crippen LogP contribution in [0.5, 0.6) is 0 Å². The number of hydrogen-bond donors (Lipinski definition) is 3. The molecule has 0 rings (SSSR count). The zero-order chi connectivity index (χ0) is 9.56. The molecule has 0 fully saturated rings. The summed E-state index contributed by atoms with van der Waals surface area (Å²) in [5.41, 5.74) is 5.15. The van der Waals surface area contributed by atoms with Crippen LogP contribution in [0.2, 0.25) is 0 Å². The summed E-state index contributed by atoms with van der Waals surface area (Å²) in [6.45, 7) is -0.0788. The fraction of sp³-hybridized carbons (Fsp3) is 1.00. The quantitative estimate of drug-likeness (QED) is 0.269. The van der Waals surface area contributed by atoms with Crippen molar-refractivity contribution >= 4 is 135 Å². The van der Waals surface area contributed by atoms with E-state index in [1.54, 1.807) is 0 Å². The molecule has 82 valence electrons. The average Bonchev–Trinajstić information content (AvgIpc) is 1.84. The second-order valence-electron chi connectivity index (χ2n) is 1.83. The molecule has 0 aromatic heterocycles. The Labute approximate surface area is 184 Å². The molecule has 0 bridgehead atoms. The van der Waals surface area contributed by atoms with E-state index in [9.17, 15) is 9.13 Å². The van der Waals surface area contributed by atoms with Crippen LogP contribution >= 0.6 is 16.5 Å². The first-order valence-electron chi connectivity index (χ1n) is 3.03. The fourth-order valence-corrected chi connectivity index (χ4v) is 1.12. The van der Waals surface area contributed by atoms with Crippen LogP contribution in [0.4, 0.5) is 0 Å². The van der Waals surface area contributed by atoms with Crippen LogP contribution in [-0.4, -0.2) is 141 Å². The van der Waals surface area contributed by atoms with Gasteiger partial charge in [0.1, 0.15) is 6.23 Å². The van der Waals surface area contributed by atoms with Crippen LogP contribution in [-0.2, 0) is 18.2 Å². The summed E-state index contributed by atoms with van der Waals surface area (Å²) in [6.07, 6.45) is -0.851. The van der Waals surface area contributed by atoms with E-state index in [0.717, 1.165) is 0 Å². The monoisotopic (exact) mass is 315 g/mol. The van der Waals surface area contributed by atoms with Crippen molar-refractivity contribution in [1.82, 2.24) is 0 Å². The van der Waals surface area contributed by atoms with Gasteiger partial charge in [-0.25, -0.2) is 0 Å². The van der Waals surface area contributed by atoms with Crippen molar-refractivity contribution in [3.63, 3.8) is 0 Å². The summed E-state index contributed by atoms with van der Waals surface area (Å²) in [4.78, 5) is 16.4. The van der Waals surface area contributed by atoms with Crippen LogP contribution in [0, 0.1) is 0 Å². The van der Waals surface area contributed by atoms with Crippen molar-refractivity contribution in [2.45, 2.75) is 12.6 Å². The molecule has 3 unspecified atom stereocenters. The average molecular weight is 315 g/mol. The summed E-state index contributed by atoms with van der Waals surface area (Å²) in [7, 11) is -6.00. The van der Waals surface area contributed by atoms with Crippen molar-refractivity contribution in [2.75, 3.05) is 6.61 Å². The molecule has 0 radical (unpaired) electrons. The first kappa shape index (κ1) is 32.3. The summed E-state index contributed by atoms with van der Waals surface area (Å²) in [5.74, 6) is 0. The zero-order valence-electron chi connectivity index (χ0n) is 6.10. The Morgan fingerprint density at radius 2 is 1.50 bits per heavy atom. The summed E-state index contributed by atoms with van der Waals surface area (Å²) >= 11 is 0. The molecule has 16 heavy (non-hydrogen) atoms. The van der Waals surface area contributed by atoms with Crippen molar-refractivity contribution in [2.24, 2.45) is 5.73 Å². The maximum absolute atomic E-state index is 10.0. The number of hydrogen-bond acceptors (Lipinski definition) is 5. The van der Waals surface area contributed by atoms with E-state index < -0.39 is 22.7 Å². The van der Waals surface area contributed by atoms with Gasteiger partial charge in [0.25, 0.3) is 0 Å². The molecule has 0 aromatic carbocycles. The van der Waals surface area contributed by atoms with Gasteiger partial charge >= 0.3 is 135 Å².